The van der Waals surface area contributed by atoms with E-state index in [-0.39, 0.29) is 0 Å². The number of halogens is 1. The van der Waals surface area contributed by atoms with Crippen LogP contribution in [-0.4, -0.2) is 38.3 Å². The molecule has 0 amide bonds. The summed E-state index contributed by atoms with van der Waals surface area (Å²) in [5.74, 6) is 0. The van der Waals surface area contributed by atoms with Gasteiger partial charge in [0.15, 0.2) is 0 Å². The summed E-state index contributed by atoms with van der Waals surface area (Å²) >= 11 is 0. The van der Waals surface area contributed by atoms with Gasteiger partial charge in [-0.3, -0.25) is 0 Å². The van der Waals surface area contributed by atoms with E-state index in [0.29, 0.717) is 6.04 Å². The van der Waals surface area contributed by atoms with Crippen molar-refractivity contribution in [1.29, 1.82) is 0 Å². The van der Waals surface area contributed by atoms with Crippen molar-refractivity contribution in [3.8, 4) is 0 Å². The predicted octanol–water partition coefficient (Wildman–Crippen LogP) is 7.93. The number of hydrogen-bond acceptors (Lipinski definition) is 0. The van der Waals surface area contributed by atoms with E-state index in [1.807, 2.05) is 0 Å². The topological polar surface area (TPSA) is 0 Å². The third kappa shape index (κ3) is 18.4. The van der Waals surface area contributed by atoms with E-state index in [2.05, 4.69) is 34.3 Å². The zero-order valence-electron chi connectivity index (χ0n) is 18.8. The number of unbranched alkanes of at least 4 members (excludes halogenated alkanes) is 4. The fourth-order valence-electron chi connectivity index (χ4n) is 3.13. The normalized spacial score (nSPS) is 13.5. The molecular formula is C22H50FNSi. The molecule has 0 unspecified atom stereocenters. The quantitative estimate of drug-likeness (QED) is 0.125. The number of nitrogens with zero attached hydrogens (tertiary/aromatic N) is 1. The Hall–Kier alpha value is -0.153. The molecule has 0 N–H and O–H groups in total. The Balaban J connectivity index is 0. The third-order valence-corrected chi connectivity index (χ3v) is 6.45. The molecule has 0 aliphatic carbocycles. The minimum Gasteiger partial charge on any atom is -0.324 e. The van der Waals surface area contributed by atoms with Crippen molar-refractivity contribution in [2.45, 2.75) is 105 Å². The van der Waals surface area contributed by atoms with E-state index >= 15 is 0 Å². The molecule has 3 heteroatoms. The standard InChI is InChI=1S/C16H36N.C6H14FSi/c1-5-9-13-17(14-10-6-2,15-11-7-3)16-12-8-4;1-5-6-8(2,3,4)7/h5-16H2,1-4H3;5H,1,6H2,2-4H3/q+1;-1. The van der Waals surface area contributed by atoms with E-state index < -0.39 is 7.68 Å². The smallest absolute Gasteiger partial charge is 0.0786 e. The van der Waals surface area contributed by atoms with Gasteiger partial charge in [-0.05, 0) is 25.7 Å². The van der Waals surface area contributed by atoms with Crippen LogP contribution in [0.5, 0.6) is 0 Å². The van der Waals surface area contributed by atoms with Crippen LogP contribution in [0.1, 0.15) is 79.1 Å². The molecule has 25 heavy (non-hydrogen) atoms. The van der Waals surface area contributed by atoms with E-state index in [1.54, 1.807) is 25.7 Å². The van der Waals surface area contributed by atoms with Crippen molar-refractivity contribution < 1.29 is 8.59 Å². The second-order valence-electron chi connectivity index (χ2n) is 9.40. The number of hydrogen-bond donors (Lipinski definition) is 0. The molecule has 0 aromatic carbocycles. The minimum atomic E-state index is -2.94. The van der Waals surface area contributed by atoms with Gasteiger partial charge in [0.05, 0.1) is 26.2 Å². The van der Waals surface area contributed by atoms with Gasteiger partial charge in [0.1, 0.15) is 0 Å². The first-order valence-corrected chi connectivity index (χ1v) is 15.0. The summed E-state index contributed by atoms with van der Waals surface area (Å²) in [5.41, 5.74) is 0. The van der Waals surface area contributed by atoms with Gasteiger partial charge in [-0.1, -0.05) is 53.4 Å². The average Bonchev–Trinajstić information content (AvgIpc) is 2.52. The van der Waals surface area contributed by atoms with Crippen LogP contribution in [0, 0.1) is 0 Å². The first-order chi connectivity index (χ1) is 11.6. The van der Waals surface area contributed by atoms with E-state index in [1.165, 1.54) is 82.0 Å². The molecule has 0 saturated carbocycles. The molecule has 0 aliphatic rings. The number of quaternary nitrogens is 1. The molecule has 0 aliphatic heterocycles. The van der Waals surface area contributed by atoms with Gasteiger partial charge in [-0.2, -0.15) is 0 Å². The Morgan fingerprint density at radius 1 is 0.720 bits per heavy atom. The summed E-state index contributed by atoms with van der Waals surface area (Å²) in [7, 11) is -2.94. The van der Waals surface area contributed by atoms with Crippen molar-refractivity contribution >= 4 is 7.68 Å². The fraction of sp³-hybridized carbons (Fsp3) is 0.909. The maximum atomic E-state index is 13.2. The SMILES string of the molecule is C=CC[Si-](C)(C)(C)F.CCCC[N+](CCCC)(CCCC)CCCC. The summed E-state index contributed by atoms with van der Waals surface area (Å²) in [6.45, 7) is 23.6. The Bertz CT molecular complexity index is 273. The molecule has 154 valence electrons. The summed E-state index contributed by atoms with van der Waals surface area (Å²) in [6, 6.07) is 0.556. The summed E-state index contributed by atoms with van der Waals surface area (Å²) in [6.07, 6.45) is 12.7. The molecule has 0 fully saturated rings. The molecule has 0 spiro atoms. The van der Waals surface area contributed by atoms with Crippen LogP contribution in [0.2, 0.25) is 25.7 Å². The van der Waals surface area contributed by atoms with Crippen LogP contribution in [0.15, 0.2) is 12.7 Å². The molecule has 0 aromatic rings. The van der Waals surface area contributed by atoms with Crippen molar-refractivity contribution in [1.82, 2.24) is 0 Å². The van der Waals surface area contributed by atoms with Gasteiger partial charge in [0.25, 0.3) is 0 Å². The third-order valence-electron chi connectivity index (χ3n) is 4.78. The zero-order chi connectivity index (χ0) is 19.8. The van der Waals surface area contributed by atoms with Crippen molar-refractivity contribution in [2.75, 3.05) is 26.2 Å². The van der Waals surface area contributed by atoms with Crippen LogP contribution in [0.4, 0.5) is 4.11 Å². The summed E-state index contributed by atoms with van der Waals surface area (Å²) < 4.78 is 14.6. The maximum Gasteiger partial charge on any atom is 0.0786 e. The van der Waals surface area contributed by atoms with Gasteiger partial charge in [0, 0.05) is 0 Å². The molecule has 0 atom stereocenters. The van der Waals surface area contributed by atoms with Crippen LogP contribution < -0.4 is 0 Å². The Labute approximate surface area is 160 Å². The predicted molar refractivity (Wildman–Crippen MR) is 119 cm³/mol. The van der Waals surface area contributed by atoms with Crippen molar-refractivity contribution in [3.63, 3.8) is 0 Å². The first-order valence-electron chi connectivity index (χ1n) is 11.0. The van der Waals surface area contributed by atoms with Gasteiger partial charge in [-0.25, -0.2) is 0 Å². The van der Waals surface area contributed by atoms with Gasteiger partial charge < -0.3 is 4.48 Å². The average molecular weight is 376 g/mol. The molecule has 0 aromatic heterocycles. The van der Waals surface area contributed by atoms with Crippen LogP contribution in [0.25, 0.3) is 0 Å². The number of allylic oxidation sites excluding steroid dienone is 1. The molecule has 0 rings (SSSR count). The minimum absolute atomic E-state index is 0.556. The molecule has 0 bridgehead atoms. The Morgan fingerprint density at radius 2 is 1.00 bits per heavy atom. The Kier molecular flexibility index (Phi) is 15.1. The largest absolute Gasteiger partial charge is 0.324 e. The first kappa shape index (κ1) is 27.1. The second-order valence-corrected chi connectivity index (χ2v) is 16.3. The van der Waals surface area contributed by atoms with E-state index in [9.17, 15) is 4.11 Å². The van der Waals surface area contributed by atoms with Crippen LogP contribution in [0.3, 0.4) is 0 Å². The van der Waals surface area contributed by atoms with Crippen LogP contribution in [-0.2, 0) is 0 Å². The van der Waals surface area contributed by atoms with Crippen molar-refractivity contribution in [3.05, 3.63) is 12.7 Å². The van der Waals surface area contributed by atoms with Gasteiger partial charge in [0.2, 0.25) is 0 Å². The monoisotopic (exact) mass is 375 g/mol. The maximum absolute atomic E-state index is 13.2. The molecule has 0 radical (unpaired) electrons. The van der Waals surface area contributed by atoms with Gasteiger partial charge in [-0.15, -0.1) is 0 Å². The molecular weight excluding hydrogens is 325 g/mol. The molecule has 1 nitrogen and oxygen atoms in total. The van der Waals surface area contributed by atoms with Crippen LogP contribution >= 0.6 is 0 Å². The van der Waals surface area contributed by atoms with E-state index in [4.69, 9.17) is 0 Å². The van der Waals surface area contributed by atoms with Crippen molar-refractivity contribution in [2.24, 2.45) is 0 Å². The van der Waals surface area contributed by atoms with Gasteiger partial charge >= 0.3 is 50.1 Å². The van der Waals surface area contributed by atoms with E-state index in [0.717, 1.165) is 0 Å². The summed E-state index contributed by atoms with van der Waals surface area (Å²) in [4.78, 5) is 0. The second kappa shape index (κ2) is 14.0. The number of rotatable bonds is 14. The molecule has 0 heterocycles. The summed E-state index contributed by atoms with van der Waals surface area (Å²) in [5, 5.41) is 0. The Morgan fingerprint density at radius 3 is 1.12 bits per heavy atom. The zero-order valence-corrected chi connectivity index (χ0v) is 19.8. The molecule has 0 saturated heterocycles. The fourth-order valence-corrected chi connectivity index (χ4v) is 4.11.